The standard InChI is InChI=1S/C17H16BrNO2/c18-14-6-3-5-13(10-14)17(16(21)11-20)19-9-8-12-4-1-2-7-15(12)19/h1-10,16-17,20-21H,11H2/t16-,17+/m1/s1. The maximum Gasteiger partial charge on any atom is 0.102 e. The highest BCUT2D eigenvalue weighted by molar-refractivity contribution is 9.10. The highest BCUT2D eigenvalue weighted by atomic mass is 79.9. The van der Waals surface area contributed by atoms with Crippen molar-refractivity contribution >= 4 is 26.8 Å². The molecule has 3 aromatic rings. The lowest BCUT2D eigenvalue weighted by molar-refractivity contribution is 0.0653. The Morgan fingerprint density at radius 2 is 1.86 bits per heavy atom. The lowest BCUT2D eigenvalue weighted by Gasteiger charge is -2.25. The van der Waals surface area contributed by atoms with Crippen LogP contribution in [0.5, 0.6) is 0 Å². The molecular weight excluding hydrogens is 330 g/mol. The number of halogens is 1. The van der Waals surface area contributed by atoms with E-state index in [4.69, 9.17) is 0 Å². The molecule has 0 aliphatic heterocycles. The molecular formula is C17H16BrNO2. The van der Waals surface area contributed by atoms with E-state index in [1.54, 1.807) is 0 Å². The van der Waals surface area contributed by atoms with Gasteiger partial charge in [-0.15, -0.1) is 0 Å². The zero-order valence-corrected chi connectivity index (χ0v) is 12.9. The van der Waals surface area contributed by atoms with Gasteiger partial charge in [0.05, 0.1) is 12.6 Å². The molecule has 0 aliphatic rings. The summed E-state index contributed by atoms with van der Waals surface area (Å²) in [6.07, 6.45) is 1.09. The molecule has 1 heterocycles. The predicted molar refractivity (Wildman–Crippen MR) is 87.3 cm³/mol. The molecule has 3 rings (SSSR count). The van der Waals surface area contributed by atoms with E-state index in [9.17, 15) is 10.2 Å². The van der Waals surface area contributed by atoms with Gasteiger partial charge in [-0.25, -0.2) is 0 Å². The van der Waals surface area contributed by atoms with Crippen LogP contribution in [0.2, 0.25) is 0 Å². The fourth-order valence-electron chi connectivity index (χ4n) is 2.71. The van der Waals surface area contributed by atoms with Crippen LogP contribution in [0.15, 0.2) is 65.3 Å². The first-order valence-corrected chi connectivity index (χ1v) is 7.60. The van der Waals surface area contributed by atoms with Crippen molar-refractivity contribution in [3.05, 3.63) is 70.8 Å². The first-order chi connectivity index (χ1) is 10.2. The van der Waals surface area contributed by atoms with Gasteiger partial charge in [0, 0.05) is 16.2 Å². The summed E-state index contributed by atoms with van der Waals surface area (Å²) >= 11 is 3.46. The molecule has 0 bridgehead atoms. The summed E-state index contributed by atoms with van der Waals surface area (Å²) in [4.78, 5) is 0. The number of nitrogens with zero attached hydrogens (tertiary/aromatic N) is 1. The van der Waals surface area contributed by atoms with Gasteiger partial charge in [-0.3, -0.25) is 0 Å². The van der Waals surface area contributed by atoms with Crippen LogP contribution in [0, 0.1) is 0 Å². The Bertz CT molecular complexity index is 753. The Morgan fingerprint density at radius 1 is 1.05 bits per heavy atom. The van der Waals surface area contributed by atoms with Crippen LogP contribution in [0.1, 0.15) is 11.6 Å². The van der Waals surface area contributed by atoms with Crippen molar-refractivity contribution in [3.8, 4) is 0 Å². The number of aliphatic hydroxyl groups is 2. The molecule has 3 nitrogen and oxygen atoms in total. The monoisotopic (exact) mass is 345 g/mol. The third-order valence-electron chi connectivity index (χ3n) is 3.67. The van der Waals surface area contributed by atoms with Crippen molar-refractivity contribution in [1.82, 2.24) is 4.57 Å². The van der Waals surface area contributed by atoms with Crippen LogP contribution in [0.3, 0.4) is 0 Å². The molecule has 2 atom stereocenters. The first-order valence-electron chi connectivity index (χ1n) is 6.80. The van der Waals surface area contributed by atoms with E-state index in [0.29, 0.717) is 0 Å². The molecule has 0 saturated heterocycles. The maximum absolute atomic E-state index is 10.3. The highest BCUT2D eigenvalue weighted by Gasteiger charge is 2.23. The van der Waals surface area contributed by atoms with Crippen LogP contribution in [0.25, 0.3) is 10.9 Å². The van der Waals surface area contributed by atoms with Gasteiger partial charge in [-0.1, -0.05) is 46.3 Å². The summed E-state index contributed by atoms with van der Waals surface area (Å²) in [5.41, 5.74) is 1.99. The van der Waals surface area contributed by atoms with Crippen LogP contribution >= 0.6 is 15.9 Å². The van der Waals surface area contributed by atoms with E-state index < -0.39 is 6.10 Å². The minimum Gasteiger partial charge on any atom is -0.394 e. The number of aromatic nitrogens is 1. The molecule has 1 aromatic heterocycles. The molecule has 0 saturated carbocycles. The Hall–Kier alpha value is -1.62. The molecule has 0 spiro atoms. The highest BCUT2D eigenvalue weighted by Crippen LogP contribution is 2.29. The van der Waals surface area contributed by atoms with Gasteiger partial charge in [-0.2, -0.15) is 0 Å². The Balaban J connectivity index is 2.16. The molecule has 0 amide bonds. The third-order valence-corrected chi connectivity index (χ3v) is 4.16. The second-order valence-electron chi connectivity index (χ2n) is 5.03. The van der Waals surface area contributed by atoms with Gasteiger partial charge in [0.15, 0.2) is 0 Å². The number of fused-ring (bicyclic) bond motifs is 1. The Kier molecular flexibility index (Phi) is 4.10. The first kappa shape index (κ1) is 14.3. The lowest BCUT2D eigenvalue weighted by atomic mass is 10.0. The average Bonchev–Trinajstić information content (AvgIpc) is 2.91. The van der Waals surface area contributed by atoms with Crippen LogP contribution < -0.4 is 0 Å². The van der Waals surface area contributed by atoms with E-state index in [2.05, 4.69) is 15.9 Å². The summed E-state index contributed by atoms with van der Waals surface area (Å²) in [5, 5.41) is 20.9. The average molecular weight is 346 g/mol. The van der Waals surface area contributed by atoms with E-state index in [1.165, 1.54) is 0 Å². The van der Waals surface area contributed by atoms with Crippen molar-refractivity contribution in [2.24, 2.45) is 0 Å². The van der Waals surface area contributed by atoms with Crippen molar-refractivity contribution in [1.29, 1.82) is 0 Å². The van der Waals surface area contributed by atoms with Crippen molar-refractivity contribution in [2.45, 2.75) is 12.1 Å². The normalized spacial score (nSPS) is 14.2. The quantitative estimate of drug-likeness (QED) is 0.761. The van der Waals surface area contributed by atoms with Gasteiger partial charge in [0.25, 0.3) is 0 Å². The van der Waals surface area contributed by atoms with Crippen molar-refractivity contribution in [2.75, 3.05) is 6.61 Å². The summed E-state index contributed by atoms with van der Waals surface area (Å²) in [6.45, 7) is -0.288. The molecule has 0 radical (unpaired) electrons. The molecule has 2 N–H and O–H groups in total. The lowest BCUT2D eigenvalue weighted by Crippen LogP contribution is -2.28. The molecule has 0 unspecified atom stereocenters. The number of para-hydroxylation sites is 1. The number of benzene rings is 2. The fraction of sp³-hybridized carbons (Fsp3) is 0.176. The predicted octanol–water partition coefficient (Wildman–Crippen LogP) is 3.35. The van der Waals surface area contributed by atoms with E-state index >= 15 is 0 Å². The summed E-state index contributed by atoms with van der Waals surface area (Å²) in [7, 11) is 0. The zero-order chi connectivity index (χ0) is 14.8. The molecule has 4 heteroatoms. The van der Waals surface area contributed by atoms with Gasteiger partial charge in [-0.05, 0) is 35.2 Å². The van der Waals surface area contributed by atoms with E-state index in [1.807, 2.05) is 65.4 Å². The summed E-state index contributed by atoms with van der Waals surface area (Å²) in [5.74, 6) is 0. The number of rotatable bonds is 4. The topological polar surface area (TPSA) is 45.4 Å². The summed E-state index contributed by atoms with van der Waals surface area (Å²) < 4.78 is 2.96. The maximum atomic E-state index is 10.3. The van der Waals surface area contributed by atoms with E-state index in [0.717, 1.165) is 20.9 Å². The van der Waals surface area contributed by atoms with Crippen LogP contribution in [0.4, 0.5) is 0 Å². The SMILES string of the molecule is OC[C@@H](O)[C@H](c1cccc(Br)c1)n1ccc2ccccc21. The van der Waals surface area contributed by atoms with Crippen molar-refractivity contribution in [3.63, 3.8) is 0 Å². The number of hydrogen-bond acceptors (Lipinski definition) is 2. The molecule has 21 heavy (non-hydrogen) atoms. The van der Waals surface area contributed by atoms with Crippen LogP contribution in [-0.2, 0) is 0 Å². The molecule has 2 aromatic carbocycles. The van der Waals surface area contributed by atoms with Gasteiger partial charge in [0.2, 0.25) is 0 Å². The summed E-state index contributed by atoms with van der Waals surface area (Å²) in [6, 6.07) is 17.5. The largest absolute Gasteiger partial charge is 0.394 e. The minimum atomic E-state index is -0.866. The molecule has 0 fully saturated rings. The number of aliphatic hydroxyl groups excluding tert-OH is 2. The second kappa shape index (κ2) is 6.02. The van der Waals surface area contributed by atoms with Gasteiger partial charge in [0.1, 0.15) is 6.10 Å². The van der Waals surface area contributed by atoms with Gasteiger partial charge >= 0.3 is 0 Å². The van der Waals surface area contributed by atoms with Crippen LogP contribution in [-0.4, -0.2) is 27.5 Å². The van der Waals surface area contributed by atoms with Crippen molar-refractivity contribution < 1.29 is 10.2 Å². The third kappa shape index (κ3) is 2.75. The fourth-order valence-corrected chi connectivity index (χ4v) is 3.12. The number of hydrogen-bond donors (Lipinski definition) is 2. The molecule has 0 aliphatic carbocycles. The minimum absolute atomic E-state index is 0.288. The van der Waals surface area contributed by atoms with Gasteiger partial charge < -0.3 is 14.8 Å². The molecule has 108 valence electrons. The Morgan fingerprint density at radius 3 is 2.62 bits per heavy atom. The Labute approximate surface area is 131 Å². The smallest absolute Gasteiger partial charge is 0.102 e. The second-order valence-corrected chi connectivity index (χ2v) is 5.95. The zero-order valence-electron chi connectivity index (χ0n) is 11.4. The van der Waals surface area contributed by atoms with E-state index in [-0.39, 0.29) is 12.6 Å².